The molecular formula is C5H6BrNO2S. The molecule has 5 heteroatoms. The van der Waals surface area contributed by atoms with E-state index in [4.69, 9.17) is 5.11 Å². The van der Waals surface area contributed by atoms with Gasteiger partial charge in [-0.25, -0.2) is 4.79 Å². The Bertz CT molecular complexity index is 194. The van der Waals surface area contributed by atoms with Crippen LogP contribution < -0.4 is 0 Å². The number of thioether (sulfide) groups is 1. The molecule has 0 aromatic carbocycles. The fourth-order valence-corrected chi connectivity index (χ4v) is 2.61. The molecule has 1 rings (SSSR count). The van der Waals surface area contributed by atoms with Crippen LogP contribution in [-0.2, 0) is 4.79 Å². The Morgan fingerprint density at radius 2 is 2.50 bits per heavy atom. The zero-order valence-electron chi connectivity index (χ0n) is 5.24. The zero-order chi connectivity index (χ0) is 7.72. The lowest BCUT2D eigenvalue weighted by molar-refractivity contribution is -0.138. The van der Waals surface area contributed by atoms with Gasteiger partial charge in [0.1, 0.15) is 3.95 Å². The average molecular weight is 224 g/mol. The minimum Gasteiger partial charge on any atom is -0.480 e. The van der Waals surface area contributed by atoms with Crippen LogP contribution in [0.1, 0.15) is 6.92 Å². The first-order valence-electron chi connectivity index (χ1n) is 2.74. The van der Waals surface area contributed by atoms with Gasteiger partial charge in [0.2, 0.25) is 0 Å². The fourth-order valence-electron chi connectivity index (χ4n) is 0.719. The van der Waals surface area contributed by atoms with Gasteiger partial charge < -0.3 is 5.11 Å². The Hall–Kier alpha value is -0.0300. The van der Waals surface area contributed by atoms with Crippen molar-refractivity contribution in [1.82, 2.24) is 0 Å². The van der Waals surface area contributed by atoms with Crippen LogP contribution in [0.5, 0.6) is 0 Å². The van der Waals surface area contributed by atoms with Crippen LogP contribution in [0.15, 0.2) is 4.99 Å². The Labute approximate surface area is 71.0 Å². The Morgan fingerprint density at radius 3 is 2.70 bits per heavy atom. The second-order valence-corrected chi connectivity index (χ2v) is 4.63. The molecule has 0 aliphatic carbocycles. The molecule has 0 saturated heterocycles. The van der Waals surface area contributed by atoms with Crippen LogP contribution >= 0.6 is 27.7 Å². The third kappa shape index (κ3) is 1.52. The van der Waals surface area contributed by atoms with E-state index in [9.17, 15) is 4.79 Å². The van der Waals surface area contributed by atoms with Gasteiger partial charge in [-0.15, -0.1) is 0 Å². The van der Waals surface area contributed by atoms with E-state index in [0.717, 1.165) is 0 Å². The SMILES string of the molecule is CC1SC(Br)=NC1C(=O)O. The van der Waals surface area contributed by atoms with Crippen molar-refractivity contribution in [1.29, 1.82) is 0 Å². The fraction of sp³-hybridized carbons (Fsp3) is 0.600. The molecule has 1 aliphatic rings. The van der Waals surface area contributed by atoms with E-state index in [1.54, 1.807) is 0 Å². The number of carboxylic acid groups (broad SMARTS) is 1. The highest BCUT2D eigenvalue weighted by molar-refractivity contribution is 9.22. The Morgan fingerprint density at radius 1 is 1.90 bits per heavy atom. The second kappa shape index (κ2) is 2.92. The zero-order valence-corrected chi connectivity index (χ0v) is 7.65. The van der Waals surface area contributed by atoms with E-state index >= 15 is 0 Å². The summed E-state index contributed by atoms with van der Waals surface area (Å²) in [6.45, 7) is 1.85. The molecule has 3 nitrogen and oxygen atoms in total. The van der Waals surface area contributed by atoms with Gasteiger partial charge in [0, 0.05) is 5.25 Å². The first kappa shape index (κ1) is 8.07. The van der Waals surface area contributed by atoms with Crippen molar-refractivity contribution >= 4 is 37.6 Å². The highest BCUT2D eigenvalue weighted by Crippen LogP contribution is 2.29. The summed E-state index contributed by atoms with van der Waals surface area (Å²) in [5.74, 6) is -0.852. The Balaban J connectivity index is 2.69. The Kier molecular flexibility index (Phi) is 2.36. The molecule has 0 radical (unpaired) electrons. The molecule has 0 fully saturated rings. The number of aliphatic carboxylic acids is 1. The summed E-state index contributed by atoms with van der Waals surface area (Å²) in [4.78, 5) is 14.3. The molecule has 0 aromatic rings. The maximum atomic E-state index is 10.4. The molecule has 0 amide bonds. The summed E-state index contributed by atoms with van der Waals surface area (Å²) < 4.78 is 0.687. The third-order valence-electron chi connectivity index (χ3n) is 1.22. The lowest BCUT2D eigenvalue weighted by Crippen LogP contribution is -2.24. The van der Waals surface area contributed by atoms with E-state index < -0.39 is 12.0 Å². The van der Waals surface area contributed by atoms with E-state index in [-0.39, 0.29) is 5.25 Å². The molecule has 1 heterocycles. The maximum Gasteiger partial charge on any atom is 0.329 e. The number of hydrogen-bond acceptors (Lipinski definition) is 3. The van der Waals surface area contributed by atoms with Gasteiger partial charge in [-0.3, -0.25) is 4.99 Å². The molecule has 0 saturated carbocycles. The molecule has 0 spiro atoms. The second-order valence-electron chi connectivity index (χ2n) is 1.99. The van der Waals surface area contributed by atoms with Crippen molar-refractivity contribution in [3.63, 3.8) is 0 Å². The van der Waals surface area contributed by atoms with Crippen molar-refractivity contribution in [3.8, 4) is 0 Å². The van der Waals surface area contributed by atoms with E-state index in [2.05, 4.69) is 20.9 Å². The van der Waals surface area contributed by atoms with Crippen LogP contribution in [0.4, 0.5) is 0 Å². The number of carbonyl (C=O) groups is 1. The predicted octanol–water partition coefficient (Wildman–Crippen LogP) is 1.33. The summed E-state index contributed by atoms with van der Waals surface area (Å²) in [5.41, 5.74) is 0. The van der Waals surface area contributed by atoms with Crippen LogP contribution in [0.2, 0.25) is 0 Å². The van der Waals surface area contributed by atoms with Gasteiger partial charge in [0.05, 0.1) is 0 Å². The normalized spacial score (nSPS) is 32.0. The van der Waals surface area contributed by atoms with Crippen LogP contribution in [0.25, 0.3) is 0 Å². The summed E-state index contributed by atoms with van der Waals surface area (Å²) in [7, 11) is 0. The first-order chi connectivity index (χ1) is 4.61. The van der Waals surface area contributed by atoms with Crippen LogP contribution in [-0.4, -0.2) is 26.3 Å². The largest absolute Gasteiger partial charge is 0.480 e. The first-order valence-corrected chi connectivity index (χ1v) is 4.41. The van der Waals surface area contributed by atoms with Crippen molar-refractivity contribution in [2.45, 2.75) is 18.2 Å². The number of nitrogens with zero attached hydrogens (tertiary/aromatic N) is 1. The third-order valence-corrected chi connectivity index (χ3v) is 2.92. The van der Waals surface area contributed by atoms with Gasteiger partial charge in [0.15, 0.2) is 6.04 Å². The average Bonchev–Trinajstić information content (AvgIpc) is 2.10. The lowest BCUT2D eigenvalue weighted by atomic mass is 10.2. The van der Waals surface area contributed by atoms with Crippen LogP contribution in [0.3, 0.4) is 0 Å². The highest BCUT2D eigenvalue weighted by atomic mass is 79.9. The molecule has 56 valence electrons. The molecular weight excluding hydrogens is 218 g/mol. The van der Waals surface area contributed by atoms with Gasteiger partial charge in [0.25, 0.3) is 0 Å². The lowest BCUT2D eigenvalue weighted by Gasteiger charge is -2.04. The molecule has 1 N–H and O–H groups in total. The number of halogens is 1. The molecule has 0 aromatic heterocycles. The van der Waals surface area contributed by atoms with Crippen molar-refractivity contribution in [2.75, 3.05) is 0 Å². The number of aliphatic imine (C=N–C) groups is 1. The molecule has 2 unspecified atom stereocenters. The van der Waals surface area contributed by atoms with Gasteiger partial charge >= 0.3 is 5.97 Å². The molecule has 10 heavy (non-hydrogen) atoms. The maximum absolute atomic E-state index is 10.4. The van der Waals surface area contributed by atoms with E-state index in [0.29, 0.717) is 3.95 Å². The van der Waals surface area contributed by atoms with Gasteiger partial charge in [-0.2, -0.15) is 0 Å². The summed E-state index contributed by atoms with van der Waals surface area (Å²) in [6, 6.07) is -0.570. The smallest absolute Gasteiger partial charge is 0.329 e. The summed E-state index contributed by atoms with van der Waals surface area (Å²) >= 11 is 4.58. The highest BCUT2D eigenvalue weighted by Gasteiger charge is 2.30. The minimum absolute atomic E-state index is 0.0480. The summed E-state index contributed by atoms with van der Waals surface area (Å²) in [5, 5.41) is 8.61. The van der Waals surface area contributed by atoms with E-state index in [1.165, 1.54) is 11.8 Å². The number of hydrogen-bond donors (Lipinski definition) is 1. The predicted molar refractivity (Wildman–Crippen MR) is 44.8 cm³/mol. The van der Waals surface area contributed by atoms with Gasteiger partial charge in [-0.05, 0) is 15.9 Å². The summed E-state index contributed by atoms with van der Waals surface area (Å²) in [6.07, 6.45) is 0. The topological polar surface area (TPSA) is 49.7 Å². The van der Waals surface area contributed by atoms with Gasteiger partial charge in [-0.1, -0.05) is 18.7 Å². The minimum atomic E-state index is -0.852. The number of carboxylic acids is 1. The van der Waals surface area contributed by atoms with Crippen molar-refractivity contribution in [2.24, 2.45) is 4.99 Å². The number of rotatable bonds is 1. The van der Waals surface area contributed by atoms with Crippen molar-refractivity contribution < 1.29 is 9.90 Å². The van der Waals surface area contributed by atoms with E-state index in [1.807, 2.05) is 6.92 Å². The van der Waals surface area contributed by atoms with Crippen LogP contribution in [0, 0.1) is 0 Å². The molecule has 2 atom stereocenters. The molecule has 0 bridgehead atoms. The monoisotopic (exact) mass is 223 g/mol. The standard InChI is InChI=1S/C5H6BrNO2S/c1-2-3(4(8)9)7-5(6)10-2/h2-3H,1H3,(H,8,9). The quantitative estimate of drug-likeness (QED) is 0.730. The van der Waals surface area contributed by atoms with Crippen molar-refractivity contribution in [3.05, 3.63) is 0 Å². The molecule has 1 aliphatic heterocycles.